The minimum atomic E-state index is 0.161. The lowest BCUT2D eigenvalue weighted by Gasteiger charge is -2.41. The summed E-state index contributed by atoms with van der Waals surface area (Å²) < 4.78 is 2.12. The number of fused-ring (bicyclic) bond motifs is 3. The van der Waals surface area contributed by atoms with Crippen LogP contribution in [0.4, 0.5) is 5.95 Å². The van der Waals surface area contributed by atoms with Crippen LogP contribution in [0.25, 0.3) is 16.6 Å². The molecule has 1 unspecified atom stereocenters. The summed E-state index contributed by atoms with van der Waals surface area (Å²) in [5.41, 5.74) is 1.79. The van der Waals surface area contributed by atoms with Crippen molar-refractivity contribution in [3.63, 3.8) is 0 Å². The quantitative estimate of drug-likeness (QED) is 0.664. The zero-order valence-corrected chi connectivity index (χ0v) is 18.1. The zero-order chi connectivity index (χ0) is 20.8. The summed E-state index contributed by atoms with van der Waals surface area (Å²) in [5.74, 6) is 2.63. The van der Waals surface area contributed by atoms with Gasteiger partial charge in [0.1, 0.15) is 5.82 Å². The molecular formula is C23H30N6O. The van der Waals surface area contributed by atoms with E-state index in [0.717, 1.165) is 60.8 Å². The molecule has 1 aliphatic carbocycles. The Hall–Kier alpha value is -2.70. The van der Waals surface area contributed by atoms with Gasteiger partial charge in [0.05, 0.1) is 5.52 Å². The van der Waals surface area contributed by atoms with Crippen LogP contribution in [-0.2, 0) is 4.79 Å². The molecule has 3 heterocycles. The fourth-order valence-electron chi connectivity index (χ4n) is 5.05. The zero-order valence-electron chi connectivity index (χ0n) is 18.1. The molecule has 7 nitrogen and oxygen atoms in total. The smallest absolute Gasteiger partial charge is 0.226 e. The Bertz CT molecular complexity index is 1080. The van der Waals surface area contributed by atoms with Crippen LogP contribution in [0, 0.1) is 5.92 Å². The van der Waals surface area contributed by atoms with Crippen LogP contribution in [0.15, 0.2) is 24.3 Å². The number of amides is 1. The van der Waals surface area contributed by atoms with Crippen molar-refractivity contribution >= 4 is 28.4 Å². The highest BCUT2D eigenvalue weighted by molar-refractivity contribution is 5.92. The Kier molecular flexibility index (Phi) is 4.83. The highest BCUT2D eigenvalue weighted by Crippen LogP contribution is 2.30. The lowest BCUT2D eigenvalue weighted by atomic mass is 10.0. The van der Waals surface area contributed by atoms with E-state index >= 15 is 0 Å². The number of nitrogens with zero attached hydrogens (tertiary/aromatic N) is 6. The highest BCUT2D eigenvalue weighted by Gasteiger charge is 2.34. The van der Waals surface area contributed by atoms with Gasteiger partial charge in [0.15, 0.2) is 5.65 Å². The SMILES string of the molecule is CC(C)c1nnc2c3ccccc3nc(N3CCN(C(=O)C4CCCC4)C(C)C3)n12. The third-order valence-corrected chi connectivity index (χ3v) is 6.67. The second-order valence-corrected chi connectivity index (χ2v) is 9.11. The van der Waals surface area contributed by atoms with Crippen molar-refractivity contribution < 1.29 is 4.79 Å². The van der Waals surface area contributed by atoms with Crippen molar-refractivity contribution in [2.75, 3.05) is 24.5 Å². The van der Waals surface area contributed by atoms with E-state index in [1.165, 1.54) is 12.8 Å². The number of piperazine rings is 1. The number of rotatable bonds is 3. The first-order valence-electron chi connectivity index (χ1n) is 11.2. The average Bonchev–Trinajstić information content (AvgIpc) is 3.43. The maximum Gasteiger partial charge on any atom is 0.226 e. The second kappa shape index (κ2) is 7.52. The molecule has 1 amide bonds. The van der Waals surface area contributed by atoms with Crippen molar-refractivity contribution in [2.24, 2.45) is 5.92 Å². The number of anilines is 1. The third kappa shape index (κ3) is 3.11. The van der Waals surface area contributed by atoms with E-state index in [0.29, 0.717) is 5.91 Å². The lowest BCUT2D eigenvalue weighted by Crippen LogP contribution is -2.55. The molecule has 2 aliphatic rings. The summed E-state index contributed by atoms with van der Waals surface area (Å²) in [6.45, 7) is 8.72. The molecule has 1 saturated heterocycles. The van der Waals surface area contributed by atoms with Crippen molar-refractivity contribution in [1.82, 2.24) is 24.5 Å². The van der Waals surface area contributed by atoms with Gasteiger partial charge in [-0.25, -0.2) is 9.38 Å². The molecule has 3 aromatic rings. The molecule has 158 valence electrons. The monoisotopic (exact) mass is 406 g/mol. The van der Waals surface area contributed by atoms with Gasteiger partial charge in [-0.15, -0.1) is 10.2 Å². The van der Waals surface area contributed by atoms with E-state index in [1.54, 1.807) is 0 Å². The molecular weight excluding hydrogens is 376 g/mol. The van der Waals surface area contributed by atoms with Gasteiger partial charge >= 0.3 is 0 Å². The molecule has 1 aliphatic heterocycles. The lowest BCUT2D eigenvalue weighted by molar-refractivity contribution is -0.137. The summed E-state index contributed by atoms with van der Waals surface area (Å²) in [5, 5.41) is 10.0. The van der Waals surface area contributed by atoms with Gasteiger partial charge < -0.3 is 9.80 Å². The van der Waals surface area contributed by atoms with Gasteiger partial charge in [-0.2, -0.15) is 0 Å². The van der Waals surface area contributed by atoms with Crippen LogP contribution in [-0.4, -0.2) is 56.1 Å². The first-order chi connectivity index (χ1) is 14.5. The van der Waals surface area contributed by atoms with Crippen LogP contribution in [0.1, 0.15) is 58.2 Å². The molecule has 2 aromatic heterocycles. The largest absolute Gasteiger partial charge is 0.338 e. The molecule has 0 bridgehead atoms. The van der Waals surface area contributed by atoms with Gasteiger partial charge in [-0.05, 0) is 31.9 Å². The number of benzene rings is 1. The summed E-state index contributed by atoms with van der Waals surface area (Å²) in [4.78, 5) is 22.4. The molecule has 1 aromatic carbocycles. The fourth-order valence-corrected chi connectivity index (χ4v) is 5.05. The Morgan fingerprint density at radius 3 is 2.60 bits per heavy atom. The summed E-state index contributed by atoms with van der Waals surface area (Å²) in [7, 11) is 0. The molecule has 2 fully saturated rings. The van der Waals surface area contributed by atoms with E-state index in [4.69, 9.17) is 4.98 Å². The van der Waals surface area contributed by atoms with Crippen LogP contribution in [0.5, 0.6) is 0 Å². The van der Waals surface area contributed by atoms with E-state index in [-0.39, 0.29) is 17.9 Å². The number of para-hydroxylation sites is 1. The normalized spacial score (nSPS) is 20.7. The van der Waals surface area contributed by atoms with Gasteiger partial charge in [0, 0.05) is 42.9 Å². The molecule has 7 heteroatoms. The van der Waals surface area contributed by atoms with Gasteiger partial charge in [-0.1, -0.05) is 38.8 Å². The molecule has 0 radical (unpaired) electrons. The first kappa shape index (κ1) is 19.3. The number of hydrogen-bond donors (Lipinski definition) is 0. The van der Waals surface area contributed by atoms with Crippen LogP contribution in [0.2, 0.25) is 0 Å². The predicted molar refractivity (Wildman–Crippen MR) is 118 cm³/mol. The van der Waals surface area contributed by atoms with Gasteiger partial charge in [-0.3, -0.25) is 4.79 Å². The maximum absolute atomic E-state index is 13.0. The number of carbonyl (C=O) groups is 1. The topological polar surface area (TPSA) is 66.6 Å². The van der Waals surface area contributed by atoms with Crippen LogP contribution >= 0.6 is 0 Å². The Balaban J connectivity index is 1.51. The van der Waals surface area contributed by atoms with E-state index < -0.39 is 0 Å². The molecule has 30 heavy (non-hydrogen) atoms. The second-order valence-electron chi connectivity index (χ2n) is 9.11. The Labute approximate surface area is 177 Å². The average molecular weight is 407 g/mol. The van der Waals surface area contributed by atoms with Gasteiger partial charge in [0.25, 0.3) is 0 Å². The molecule has 1 saturated carbocycles. The minimum Gasteiger partial charge on any atom is -0.338 e. The standard InChI is InChI=1S/C23H30N6O/c1-15(2)20-25-26-21-18-10-6-7-11-19(18)24-23(29(20)21)27-12-13-28(16(3)14-27)22(30)17-8-4-5-9-17/h6-7,10-11,15-17H,4-5,8-9,12-14H2,1-3H3. The number of aromatic nitrogens is 4. The molecule has 0 spiro atoms. The molecule has 1 atom stereocenters. The summed E-state index contributed by atoms with van der Waals surface area (Å²) >= 11 is 0. The van der Waals surface area contributed by atoms with Crippen molar-refractivity contribution in [1.29, 1.82) is 0 Å². The minimum absolute atomic E-state index is 0.161. The van der Waals surface area contributed by atoms with Crippen LogP contribution in [0.3, 0.4) is 0 Å². The summed E-state index contributed by atoms with van der Waals surface area (Å²) in [6.07, 6.45) is 4.48. The maximum atomic E-state index is 13.0. The summed E-state index contributed by atoms with van der Waals surface area (Å²) in [6, 6.07) is 8.28. The van der Waals surface area contributed by atoms with Crippen molar-refractivity contribution in [2.45, 2.75) is 58.4 Å². The van der Waals surface area contributed by atoms with Gasteiger partial charge in [0.2, 0.25) is 11.9 Å². The highest BCUT2D eigenvalue weighted by atomic mass is 16.2. The third-order valence-electron chi connectivity index (χ3n) is 6.67. The van der Waals surface area contributed by atoms with Crippen molar-refractivity contribution in [3.05, 3.63) is 30.1 Å². The van der Waals surface area contributed by atoms with E-state index in [2.05, 4.69) is 51.2 Å². The Morgan fingerprint density at radius 2 is 1.87 bits per heavy atom. The number of hydrogen-bond acceptors (Lipinski definition) is 5. The fraction of sp³-hybridized carbons (Fsp3) is 0.565. The number of carbonyl (C=O) groups excluding carboxylic acids is 1. The molecule has 5 rings (SSSR count). The van der Waals surface area contributed by atoms with Crippen molar-refractivity contribution in [3.8, 4) is 0 Å². The first-order valence-corrected chi connectivity index (χ1v) is 11.2. The molecule has 0 N–H and O–H groups in total. The van der Waals surface area contributed by atoms with E-state index in [1.807, 2.05) is 18.2 Å². The Morgan fingerprint density at radius 1 is 1.10 bits per heavy atom. The van der Waals surface area contributed by atoms with Crippen LogP contribution < -0.4 is 4.90 Å². The predicted octanol–water partition coefficient (Wildman–Crippen LogP) is 3.63. The van der Waals surface area contributed by atoms with E-state index in [9.17, 15) is 4.79 Å².